The Balaban J connectivity index is 1.05. The van der Waals surface area contributed by atoms with Crippen LogP contribution in [-0.4, -0.2) is 102 Å². The molecule has 0 radical (unpaired) electrons. The number of morpholine rings is 1. The van der Waals surface area contributed by atoms with Crippen LogP contribution in [0.3, 0.4) is 0 Å². The number of anilines is 1. The molecule has 2 aromatic heterocycles. The van der Waals surface area contributed by atoms with E-state index in [4.69, 9.17) is 35.8 Å². The van der Waals surface area contributed by atoms with Crippen molar-refractivity contribution >= 4 is 45.2 Å². The maximum absolute atomic E-state index is 16.8. The van der Waals surface area contributed by atoms with Gasteiger partial charge in [-0.2, -0.15) is 9.97 Å². The van der Waals surface area contributed by atoms with E-state index in [1.807, 2.05) is 36.4 Å². The van der Waals surface area contributed by atoms with Gasteiger partial charge in [0.2, 0.25) is 0 Å². The number of aromatic nitrogens is 3. The minimum Gasteiger partial charge on any atom is -0.461 e. The molecule has 5 fully saturated rings. The number of carbonyl (C=O) groups excluding carboxylic acids is 1. The molecule has 12 heteroatoms. The summed E-state index contributed by atoms with van der Waals surface area (Å²) in [5.41, 5.74) is 0.698. The van der Waals surface area contributed by atoms with Crippen LogP contribution >= 0.6 is 11.6 Å². The number of carbonyl (C=O) groups is 1. The molecule has 2 bridgehead atoms. The summed E-state index contributed by atoms with van der Waals surface area (Å²) in [4.78, 5) is 33.7. The summed E-state index contributed by atoms with van der Waals surface area (Å²) >= 11 is 6.65. The van der Waals surface area contributed by atoms with Gasteiger partial charge in [-0.3, -0.25) is 9.88 Å². The Morgan fingerprint density at radius 3 is 2.65 bits per heavy atom. The number of piperidine rings is 1. The van der Waals surface area contributed by atoms with Gasteiger partial charge in [0.1, 0.15) is 29.7 Å². The number of hydrogen-bond donors (Lipinski definition) is 0. The van der Waals surface area contributed by atoms with Gasteiger partial charge in [0, 0.05) is 61.3 Å². The molecule has 1 amide bonds. The second-order valence-corrected chi connectivity index (χ2v) is 14.9. The van der Waals surface area contributed by atoms with Crippen molar-refractivity contribution in [1.82, 2.24) is 24.8 Å². The number of amides is 1. The topological polar surface area (TPSA) is 93.1 Å². The highest BCUT2D eigenvalue weighted by Gasteiger charge is 2.51. The molecule has 6 heterocycles. The number of hydrogen-bond acceptors (Lipinski definition) is 9. The highest BCUT2D eigenvalue weighted by Crippen LogP contribution is 2.43. The van der Waals surface area contributed by atoms with Crippen molar-refractivity contribution in [2.24, 2.45) is 11.8 Å². The second-order valence-electron chi connectivity index (χ2n) is 14.5. The lowest BCUT2D eigenvalue weighted by molar-refractivity contribution is 0.0135. The molecule has 5 aliphatic rings. The first kappa shape index (κ1) is 31.2. The van der Waals surface area contributed by atoms with Crippen LogP contribution < -0.4 is 9.64 Å². The molecule has 4 saturated heterocycles. The summed E-state index contributed by atoms with van der Waals surface area (Å²) in [7, 11) is 0. The molecule has 0 spiro atoms. The molecule has 4 aliphatic heterocycles. The largest absolute Gasteiger partial charge is 0.461 e. The summed E-state index contributed by atoms with van der Waals surface area (Å²) in [6.07, 6.45) is 7.47. The van der Waals surface area contributed by atoms with Crippen molar-refractivity contribution in [1.29, 1.82) is 0 Å². The first-order valence-corrected chi connectivity index (χ1v) is 18.0. The molecular formula is C37H40ClFN6O4. The molecule has 49 heavy (non-hydrogen) atoms. The van der Waals surface area contributed by atoms with Crippen molar-refractivity contribution in [3.05, 3.63) is 53.4 Å². The fourth-order valence-electron chi connectivity index (χ4n) is 9.10. The fraction of sp³-hybridized carbons (Fsp3) is 0.514. The normalized spacial score (nSPS) is 26.9. The Morgan fingerprint density at radius 2 is 1.84 bits per heavy atom. The summed E-state index contributed by atoms with van der Waals surface area (Å²) in [5.74, 6) is 1.36. The van der Waals surface area contributed by atoms with Gasteiger partial charge in [0.25, 0.3) is 0 Å². The lowest BCUT2D eigenvalue weighted by Gasteiger charge is -2.34. The Labute approximate surface area is 289 Å². The predicted octanol–water partition coefficient (Wildman–Crippen LogP) is 6.33. The average Bonchev–Trinajstić information content (AvgIpc) is 3.78. The summed E-state index contributed by atoms with van der Waals surface area (Å²) in [5, 5.41) is 2.78. The SMILES string of the molecule is O=C(O[C@@H]1CN2CCC[C@]2(COc2nc(N3CC4CCC(C4)C3)c3cnc(-c4cccc5cccc(Cl)c45)c(F)c3n2)C1)N1CCOCC1. The highest BCUT2D eigenvalue weighted by atomic mass is 35.5. The van der Waals surface area contributed by atoms with Crippen molar-refractivity contribution in [2.45, 2.75) is 50.2 Å². The Morgan fingerprint density at radius 1 is 1.04 bits per heavy atom. The third-order valence-electron chi connectivity index (χ3n) is 11.4. The van der Waals surface area contributed by atoms with E-state index in [1.54, 1.807) is 11.1 Å². The van der Waals surface area contributed by atoms with E-state index >= 15 is 4.39 Å². The molecule has 256 valence electrons. The Kier molecular flexibility index (Phi) is 7.97. The maximum Gasteiger partial charge on any atom is 0.410 e. The first-order chi connectivity index (χ1) is 23.9. The number of rotatable bonds is 6. The van der Waals surface area contributed by atoms with Crippen LogP contribution in [0.15, 0.2) is 42.6 Å². The number of halogens is 2. The molecule has 0 N–H and O–H groups in total. The molecular weight excluding hydrogens is 647 g/mol. The van der Waals surface area contributed by atoms with Gasteiger partial charge >= 0.3 is 12.1 Å². The maximum atomic E-state index is 16.8. The smallest absolute Gasteiger partial charge is 0.410 e. The van der Waals surface area contributed by atoms with Crippen molar-refractivity contribution < 1.29 is 23.4 Å². The molecule has 4 atom stereocenters. The quantitative estimate of drug-likeness (QED) is 0.231. The Hall–Kier alpha value is -3.80. The monoisotopic (exact) mass is 686 g/mol. The second kappa shape index (κ2) is 12.5. The summed E-state index contributed by atoms with van der Waals surface area (Å²) < 4.78 is 34.7. The van der Waals surface area contributed by atoms with Gasteiger partial charge < -0.3 is 24.0 Å². The molecule has 9 rings (SSSR count). The highest BCUT2D eigenvalue weighted by molar-refractivity contribution is 6.36. The van der Waals surface area contributed by atoms with E-state index in [-0.39, 0.29) is 35.0 Å². The number of benzene rings is 2. The van der Waals surface area contributed by atoms with Crippen LogP contribution in [0.4, 0.5) is 15.0 Å². The van der Waals surface area contributed by atoms with Crippen LogP contribution in [0.1, 0.15) is 38.5 Å². The third-order valence-corrected chi connectivity index (χ3v) is 11.8. The number of nitrogens with zero attached hydrogens (tertiary/aromatic N) is 6. The van der Waals surface area contributed by atoms with Gasteiger partial charge in [-0.1, -0.05) is 41.9 Å². The van der Waals surface area contributed by atoms with Crippen molar-refractivity contribution in [2.75, 3.05) is 64.0 Å². The molecule has 2 aromatic carbocycles. The van der Waals surface area contributed by atoms with Crippen molar-refractivity contribution in [3.63, 3.8) is 0 Å². The zero-order valence-electron chi connectivity index (χ0n) is 27.5. The molecule has 4 aromatic rings. The molecule has 1 saturated carbocycles. The zero-order chi connectivity index (χ0) is 33.1. The molecule has 10 nitrogen and oxygen atoms in total. The van der Waals surface area contributed by atoms with E-state index in [1.165, 1.54) is 19.3 Å². The van der Waals surface area contributed by atoms with Crippen LogP contribution in [0.2, 0.25) is 5.02 Å². The lowest BCUT2D eigenvalue weighted by atomic mass is 9.94. The number of pyridine rings is 1. The summed E-state index contributed by atoms with van der Waals surface area (Å²) in [6.45, 7) is 5.80. The summed E-state index contributed by atoms with van der Waals surface area (Å²) in [6, 6.07) is 11.5. The fourth-order valence-corrected chi connectivity index (χ4v) is 9.38. The Bertz CT molecular complexity index is 1910. The van der Waals surface area contributed by atoms with E-state index in [2.05, 4.69) is 14.8 Å². The molecule has 1 aliphatic carbocycles. The number of fused-ring (bicyclic) bond motifs is 5. The zero-order valence-corrected chi connectivity index (χ0v) is 28.2. The minimum atomic E-state index is -0.519. The average molecular weight is 687 g/mol. The van der Waals surface area contributed by atoms with E-state index in [9.17, 15) is 4.79 Å². The predicted molar refractivity (Wildman–Crippen MR) is 185 cm³/mol. The van der Waals surface area contributed by atoms with Gasteiger partial charge in [0.15, 0.2) is 5.82 Å². The first-order valence-electron chi connectivity index (χ1n) is 17.6. The lowest BCUT2D eigenvalue weighted by Crippen LogP contribution is -2.43. The van der Waals surface area contributed by atoms with Gasteiger partial charge in [-0.25, -0.2) is 9.18 Å². The van der Waals surface area contributed by atoms with Crippen LogP contribution in [0, 0.1) is 17.7 Å². The minimum absolute atomic E-state index is 0.155. The van der Waals surface area contributed by atoms with Gasteiger partial charge in [0.05, 0.1) is 24.1 Å². The van der Waals surface area contributed by atoms with E-state index in [0.717, 1.165) is 43.2 Å². The van der Waals surface area contributed by atoms with E-state index < -0.39 is 5.82 Å². The third kappa shape index (κ3) is 5.63. The van der Waals surface area contributed by atoms with Crippen LogP contribution in [0.5, 0.6) is 6.01 Å². The van der Waals surface area contributed by atoms with Crippen LogP contribution in [0.25, 0.3) is 32.9 Å². The standard InChI is InChI=1S/C37H40ClFN6O4/c38-29-7-2-5-25-4-1-6-27(30(25)29)32-31(39)33-28(18-40-32)34(44-19-23-8-9-24(16-23)20-44)42-35(41-33)48-22-37-10-3-11-45(37)21-26(17-37)49-36(46)43-12-14-47-15-13-43/h1-2,4-7,18,23-24,26H,3,8-17,19-22H2/t23?,24?,26-,37+/m0/s1. The van der Waals surface area contributed by atoms with Gasteiger partial charge in [-0.05, 0) is 61.9 Å². The van der Waals surface area contributed by atoms with Crippen molar-refractivity contribution in [3.8, 4) is 17.3 Å². The van der Waals surface area contributed by atoms with Crippen LogP contribution in [-0.2, 0) is 9.47 Å². The van der Waals surface area contributed by atoms with Gasteiger partial charge in [-0.15, -0.1) is 0 Å². The molecule has 2 unspecified atom stereocenters. The number of ether oxygens (including phenoxy) is 3. The van der Waals surface area contributed by atoms with E-state index in [0.29, 0.717) is 79.5 Å².